The van der Waals surface area contributed by atoms with Gasteiger partial charge in [0.2, 0.25) is 10.0 Å². The Bertz CT molecular complexity index is 1370. The fraction of sp³-hybridized carbons (Fsp3) is 0.0800. The molecule has 0 aliphatic carbocycles. The largest absolute Gasteiger partial charge is 0.320 e. The lowest BCUT2D eigenvalue weighted by molar-refractivity contribution is 0.102. The van der Waals surface area contributed by atoms with Crippen LogP contribution in [-0.4, -0.2) is 27.6 Å². The molecule has 5 nitrogen and oxygen atoms in total. The molecular formula is C25H22N2O3S. The van der Waals surface area contributed by atoms with Crippen LogP contribution >= 0.6 is 0 Å². The number of sulfonamides is 1. The molecule has 0 unspecified atom stereocenters. The van der Waals surface area contributed by atoms with Crippen molar-refractivity contribution in [3.05, 3.63) is 96.6 Å². The summed E-state index contributed by atoms with van der Waals surface area (Å²) in [6, 6.07) is 28.4. The first-order valence-corrected chi connectivity index (χ1v) is 11.6. The molecule has 6 heteroatoms. The average Bonchev–Trinajstić information content (AvgIpc) is 2.78. The van der Waals surface area contributed by atoms with Crippen molar-refractivity contribution in [1.82, 2.24) is 0 Å². The summed E-state index contributed by atoms with van der Waals surface area (Å²) in [4.78, 5) is 13.1. The number of hydrogen-bond acceptors (Lipinski definition) is 3. The molecule has 4 aromatic carbocycles. The van der Waals surface area contributed by atoms with E-state index in [9.17, 15) is 13.2 Å². The Kier molecular flexibility index (Phi) is 5.48. The first-order valence-electron chi connectivity index (χ1n) is 9.76. The first-order chi connectivity index (χ1) is 14.8. The van der Waals surface area contributed by atoms with Crippen LogP contribution in [0.15, 0.2) is 91.0 Å². The maximum absolute atomic E-state index is 13.1. The van der Waals surface area contributed by atoms with E-state index in [1.807, 2.05) is 72.8 Å². The van der Waals surface area contributed by atoms with Crippen LogP contribution in [0.2, 0.25) is 0 Å². The molecule has 156 valence electrons. The van der Waals surface area contributed by atoms with Crippen molar-refractivity contribution in [2.75, 3.05) is 22.9 Å². The van der Waals surface area contributed by atoms with E-state index in [0.29, 0.717) is 16.9 Å². The van der Waals surface area contributed by atoms with Gasteiger partial charge in [0.25, 0.3) is 5.91 Å². The second-order valence-electron chi connectivity index (χ2n) is 7.34. The van der Waals surface area contributed by atoms with Gasteiger partial charge in [0.15, 0.2) is 0 Å². The van der Waals surface area contributed by atoms with Gasteiger partial charge in [-0.15, -0.1) is 0 Å². The van der Waals surface area contributed by atoms with Gasteiger partial charge in [0, 0.05) is 12.6 Å². The zero-order valence-corrected chi connectivity index (χ0v) is 18.1. The standard InChI is InChI=1S/C25H22N2O3S/c1-27(31(2,29)30)24-15-14-21(18-8-4-3-5-9-18)17-23(24)26-25(28)22-13-12-19-10-6-7-11-20(19)16-22/h3-17H,1-2H3,(H,26,28). The van der Waals surface area contributed by atoms with Crippen LogP contribution in [0.1, 0.15) is 10.4 Å². The molecule has 0 aliphatic heterocycles. The van der Waals surface area contributed by atoms with Crippen molar-refractivity contribution in [2.45, 2.75) is 0 Å². The number of hydrogen-bond donors (Lipinski definition) is 1. The summed E-state index contributed by atoms with van der Waals surface area (Å²) < 4.78 is 25.5. The van der Waals surface area contributed by atoms with Crippen LogP contribution in [-0.2, 0) is 10.0 Å². The van der Waals surface area contributed by atoms with Crippen LogP contribution < -0.4 is 9.62 Å². The number of benzene rings is 4. The van der Waals surface area contributed by atoms with Crippen molar-refractivity contribution in [3.8, 4) is 11.1 Å². The molecule has 31 heavy (non-hydrogen) atoms. The maximum atomic E-state index is 13.1. The number of anilines is 2. The van der Waals surface area contributed by atoms with E-state index in [0.717, 1.165) is 32.5 Å². The molecule has 0 aromatic heterocycles. The normalized spacial score (nSPS) is 11.3. The van der Waals surface area contributed by atoms with Crippen molar-refractivity contribution < 1.29 is 13.2 Å². The summed E-state index contributed by atoms with van der Waals surface area (Å²) in [5.41, 5.74) is 3.16. The molecular weight excluding hydrogens is 408 g/mol. The molecule has 1 amide bonds. The maximum Gasteiger partial charge on any atom is 0.255 e. The van der Waals surface area contributed by atoms with Crippen molar-refractivity contribution in [1.29, 1.82) is 0 Å². The highest BCUT2D eigenvalue weighted by Gasteiger charge is 2.19. The van der Waals surface area contributed by atoms with E-state index in [1.165, 1.54) is 7.05 Å². The Morgan fingerprint density at radius 2 is 1.45 bits per heavy atom. The SMILES string of the molecule is CN(c1ccc(-c2ccccc2)cc1NC(=O)c1ccc2ccccc2c1)S(C)(=O)=O. The van der Waals surface area contributed by atoms with Gasteiger partial charge >= 0.3 is 0 Å². The number of nitrogens with one attached hydrogen (secondary N) is 1. The number of fused-ring (bicyclic) bond motifs is 1. The molecule has 0 spiro atoms. The Hall–Kier alpha value is -3.64. The van der Waals surface area contributed by atoms with E-state index >= 15 is 0 Å². The summed E-state index contributed by atoms with van der Waals surface area (Å²) in [6.45, 7) is 0. The fourth-order valence-corrected chi connectivity index (χ4v) is 3.94. The molecule has 1 N–H and O–H groups in total. The third-order valence-electron chi connectivity index (χ3n) is 5.20. The zero-order valence-electron chi connectivity index (χ0n) is 17.2. The smallest absolute Gasteiger partial charge is 0.255 e. The van der Waals surface area contributed by atoms with Crippen LogP contribution in [0.4, 0.5) is 11.4 Å². The van der Waals surface area contributed by atoms with Crippen molar-refractivity contribution >= 4 is 38.1 Å². The topological polar surface area (TPSA) is 66.5 Å². The lowest BCUT2D eigenvalue weighted by Crippen LogP contribution is -2.26. The molecule has 0 atom stereocenters. The van der Waals surface area contributed by atoms with Gasteiger partial charge in [0.1, 0.15) is 0 Å². The summed E-state index contributed by atoms with van der Waals surface area (Å²) in [5, 5.41) is 4.91. The van der Waals surface area contributed by atoms with Gasteiger partial charge < -0.3 is 5.32 Å². The molecule has 0 bridgehead atoms. The minimum Gasteiger partial charge on any atom is -0.320 e. The van der Waals surface area contributed by atoms with Gasteiger partial charge in [-0.2, -0.15) is 0 Å². The molecule has 0 radical (unpaired) electrons. The molecule has 0 fully saturated rings. The Labute approximate surface area is 182 Å². The van der Waals surface area contributed by atoms with Gasteiger partial charge in [-0.05, 0) is 46.2 Å². The molecule has 0 saturated carbocycles. The monoisotopic (exact) mass is 430 g/mol. The van der Waals surface area contributed by atoms with E-state index in [-0.39, 0.29) is 5.91 Å². The van der Waals surface area contributed by atoms with Gasteiger partial charge in [0.05, 0.1) is 17.6 Å². The first kappa shape index (κ1) is 20.6. The van der Waals surface area contributed by atoms with Crippen LogP contribution in [0.3, 0.4) is 0 Å². The Balaban J connectivity index is 1.75. The van der Waals surface area contributed by atoms with Gasteiger partial charge in [-0.1, -0.05) is 66.7 Å². The lowest BCUT2D eigenvalue weighted by Gasteiger charge is -2.21. The van der Waals surface area contributed by atoms with Crippen molar-refractivity contribution in [2.24, 2.45) is 0 Å². The molecule has 0 saturated heterocycles. The third-order valence-corrected chi connectivity index (χ3v) is 6.39. The summed E-state index contributed by atoms with van der Waals surface area (Å²) in [6.07, 6.45) is 1.13. The minimum absolute atomic E-state index is 0.306. The quantitative estimate of drug-likeness (QED) is 0.476. The molecule has 4 aromatic rings. The predicted molar refractivity (Wildman–Crippen MR) is 127 cm³/mol. The number of carbonyl (C=O) groups excluding carboxylic acids is 1. The van der Waals surface area contributed by atoms with Gasteiger partial charge in [-0.3, -0.25) is 9.10 Å². The van der Waals surface area contributed by atoms with Crippen LogP contribution in [0.5, 0.6) is 0 Å². The molecule has 4 rings (SSSR count). The molecule has 0 heterocycles. The average molecular weight is 431 g/mol. The number of rotatable bonds is 5. The highest BCUT2D eigenvalue weighted by Crippen LogP contribution is 2.32. The number of nitrogens with zero attached hydrogens (tertiary/aromatic N) is 1. The second kappa shape index (κ2) is 8.24. The highest BCUT2D eigenvalue weighted by atomic mass is 32.2. The second-order valence-corrected chi connectivity index (χ2v) is 9.36. The highest BCUT2D eigenvalue weighted by molar-refractivity contribution is 7.92. The zero-order chi connectivity index (χ0) is 22.0. The predicted octanol–water partition coefficient (Wildman–Crippen LogP) is 5.15. The van der Waals surface area contributed by atoms with Crippen LogP contribution in [0, 0.1) is 0 Å². The van der Waals surface area contributed by atoms with E-state index < -0.39 is 10.0 Å². The number of amides is 1. The fourth-order valence-electron chi connectivity index (χ4n) is 3.42. The van der Waals surface area contributed by atoms with Crippen LogP contribution in [0.25, 0.3) is 21.9 Å². The van der Waals surface area contributed by atoms with E-state index in [1.54, 1.807) is 18.2 Å². The summed E-state index contributed by atoms with van der Waals surface area (Å²) in [7, 11) is -2.03. The van der Waals surface area contributed by atoms with Gasteiger partial charge in [-0.25, -0.2) is 8.42 Å². The third kappa shape index (κ3) is 4.44. The van der Waals surface area contributed by atoms with E-state index in [2.05, 4.69) is 5.32 Å². The lowest BCUT2D eigenvalue weighted by atomic mass is 10.0. The van der Waals surface area contributed by atoms with Crippen molar-refractivity contribution in [3.63, 3.8) is 0 Å². The Morgan fingerprint density at radius 1 is 0.774 bits per heavy atom. The minimum atomic E-state index is -3.50. The summed E-state index contributed by atoms with van der Waals surface area (Å²) >= 11 is 0. The molecule has 0 aliphatic rings. The van der Waals surface area contributed by atoms with E-state index in [4.69, 9.17) is 0 Å². The Morgan fingerprint density at radius 3 is 2.16 bits per heavy atom. The summed E-state index contributed by atoms with van der Waals surface area (Å²) in [5.74, 6) is -0.306. The number of carbonyl (C=O) groups is 1.